The van der Waals surface area contributed by atoms with Crippen LogP contribution in [0.4, 0.5) is 0 Å². The molecule has 1 aliphatic heterocycles. The van der Waals surface area contributed by atoms with Gasteiger partial charge in [0.15, 0.2) is 0 Å². The summed E-state index contributed by atoms with van der Waals surface area (Å²) in [4.78, 5) is 0. The van der Waals surface area contributed by atoms with Crippen LogP contribution in [-0.4, -0.2) is 0 Å². The van der Waals surface area contributed by atoms with E-state index in [2.05, 4.69) is 12.6 Å². The summed E-state index contributed by atoms with van der Waals surface area (Å²) in [5.74, 6) is 1.86. The summed E-state index contributed by atoms with van der Waals surface area (Å²) in [6, 6.07) is 7.03. The van der Waals surface area contributed by atoms with Gasteiger partial charge >= 0.3 is 0 Å². The first-order valence-electron chi connectivity index (χ1n) is 4.12. The zero-order valence-electron chi connectivity index (χ0n) is 7.76. The van der Waals surface area contributed by atoms with E-state index in [1.807, 2.05) is 19.1 Å². The topological polar surface area (TPSA) is 9.23 Å². The summed E-state index contributed by atoms with van der Waals surface area (Å²) >= 11 is 0. The molecule has 2 heteroatoms. The van der Waals surface area contributed by atoms with Gasteiger partial charge in [-0.05, 0) is 6.42 Å². The Hall–Kier alpha value is -0.136. The van der Waals surface area contributed by atoms with Crippen molar-refractivity contribution >= 4 is 0 Å². The quantitative estimate of drug-likeness (QED) is 0.641. The molecule has 13 heavy (non-hydrogen) atoms. The molecule has 2 rings (SSSR count). The van der Waals surface area contributed by atoms with E-state index in [4.69, 9.17) is 4.74 Å². The Morgan fingerprint density at radius 2 is 2.15 bits per heavy atom. The zero-order valence-corrected chi connectivity index (χ0v) is 10.6. The summed E-state index contributed by atoms with van der Waals surface area (Å²) in [6.07, 6.45) is 1.97. The second-order valence-corrected chi connectivity index (χ2v) is 3.13. The number of hydrogen-bond donors (Lipinski definition) is 0. The fraction of sp³-hybridized carbons (Fsp3) is 0.273. The van der Waals surface area contributed by atoms with Crippen molar-refractivity contribution in [3.05, 3.63) is 41.7 Å². The zero-order chi connectivity index (χ0) is 8.55. The van der Waals surface area contributed by atoms with E-state index in [1.165, 1.54) is 5.56 Å². The van der Waals surface area contributed by atoms with Crippen molar-refractivity contribution in [2.45, 2.75) is 19.8 Å². The van der Waals surface area contributed by atoms with Crippen molar-refractivity contribution in [3.63, 3.8) is 0 Å². The van der Waals surface area contributed by atoms with Crippen LogP contribution in [0.3, 0.4) is 0 Å². The van der Waals surface area contributed by atoms with E-state index >= 15 is 0 Å². The van der Waals surface area contributed by atoms with E-state index in [-0.39, 0.29) is 32.7 Å². The molecule has 1 aromatic carbocycles. The predicted molar refractivity (Wildman–Crippen MR) is 48.1 cm³/mol. The SMILES string of the molecule is C=C1CCc2c[c-]cc(C)c2O1.[Y]. The Morgan fingerprint density at radius 3 is 2.92 bits per heavy atom. The summed E-state index contributed by atoms with van der Waals surface area (Å²) in [5, 5.41) is 0. The minimum absolute atomic E-state index is 0. The minimum atomic E-state index is 0. The van der Waals surface area contributed by atoms with Crippen LogP contribution in [0.15, 0.2) is 24.5 Å². The van der Waals surface area contributed by atoms with Crippen LogP contribution in [0.5, 0.6) is 5.75 Å². The van der Waals surface area contributed by atoms with E-state index in [9.17, 15) is 0 Å². The molecule has 0 unspecified atom stereocenters. The number of allylic oxidation sites excluding steroid dienone is 1. The summed E-state index contributed by atoms with van der Waals surface area (Å²) < 4.78 is 5.55. The van der Waals surface area contributed by atoms with Crippen LogP contribution in [0.1, 0.15) is 17.5 Å². The van der Waals surface area contributed by atoms with Gasteiger partial charge in [0.25, 0.3) is 0 Å². The summed E-state index contributed by atoms with van der Waals surface area (Å²) in [6.45, 7) is 5.86. The van der Waals surface area contributed by atoms with Gasteiger partial charge in [-0.1, -0.05) is 19.9 Å². The van der Waals surface area contributed by atoms with Crippen molar-refractivity contribution in [2.24, 2.45) is 0 Å². The van der Waals surface area contributed by atoms with E-state index in [1.54, 1.807) is 0 Å². The van der Waals surface area contributed by atoms with Crippen molar-refractivity contribution in [3.8, 4) is 5.75 Å². The van der Waals surface area contributed by atoms with Crippen molar-refractivity contribution in [1.82, 2.24) is 0 Å². The second-order valence-electron chi connectivity index (χ2n) is 3.13. The molecule has 0 bridgehead atoms. The standard InChI is InChI=1S/C11H11O.Y/c1-8-4-3-5-10-7-6-9(2)12-11(8)10;/h4-5H,2,6-7H2,1H3;/q-1;. The summed E-state index contributed by atoms with van der Waals surface area (Å²) in [7, 11) is 0. The maximum absolute atomic E-state index is 5.55. The first-order chi connectivity index (χ1) is 5.77. The minimum Gasteiger partial charge on any atom is -0.487 e. The van der Waals surface area contributed by atoms with Gasteiger partial charge in [0.05, 0.1) is 5.76 Å². The van der Waals surface area contributed by atoms with Gasteiger partial charge in [-0.3, -0.25) is 0 Å². The third-order valence-corrected chi connectivity index (χ3v) is 2.13. The molecule has 0 N–H and O–H groups in total. The molecule has 0 aliphatic carbocycles. The van der Waals surface area contributed by atoms with Gasteiger partial charge in [0.2, 0.25) is 0 Å². The van der Waals surface area contributed by atoms with Gasteiger partial charge < -0.3 is 4.74 Å². The fourth-order valence-electron chi connectivity index (χ4n) is 1.45. The third kappa shape index (κ3) is 2.21. The Kier molecular flexibility index (Phi) is 3.69. The molecule has 0 aromatic heterocycles. The first kappa shape index (κ1) is 10.9. The van der Waals surface area contributed by atoms with Gasteiger partial charge in [-0.25, -0.2) is 0 Å². The monoisotopic (exact) mass is 248 g/mol. The Labute approximate surface area is 104 Å². The van der Waals surface area contributed by atoms with Crippen LogP contribution < -0.4 is 4.74 Å². The normalized spacial score (nSPS) is 14.1. The van der Waals surface area contributed by atoms with Crippen LogP contribution in [0.25, 0.3) is 0 Å². The number of hydrogen-bond acceptors (Lipinski definition) is 1. The number of fused-ring (bicyclic) bond motifs is 1. The molecule has 0 fully saturated rings. The van der Waals surface area contributed by atoms with Gasteiger partial charge in [0.1, 0.15) is 0 Å². The molecule has 0 saturated carbocycles. The molecular weight excluding hydrogens is 237 g/mol. The Balaban J connectivity index is 0.000000845. The molecule has 65 valence electrons. The number of aryl methyl sites for hydroxylation is 2. The maximum Gasteiger partial charge on any atom is 0.0930 e. The van der Waals surface area contributed by atoms with E-state index in [0.29, 0.717) is 0 Å². The molecule has 1 aliphatic rings. The average Bonchev–Trinajstić information content (AvgIpc) is 2.07. The molecule has 1 radical (unpaired) electrons. The van der Waals surface area contributed by atoms with Crippen molar-refractivity contribution < 1.29 is 37.4 Å². The molecule has 1 nitrogen and oxygen atoms in total. The maximum atomic E-state index is 5.55. The van der Waals surface area contributed by atoms with Crippen molar-refractivity contribution in [1.29, 1.82) is 0 Å². The number of benzene rings is 1. The van der Waals surface area contributed by atoms with Crippen molar-refractivity contribution in [2.75, 3.05) is 0 Å². The Bertz CT molecular complexity index is 331. The number of rotatable bonds is 0. The molecule has 0 saturated heterocycles. The third-order valence-electron chi connectivity index (χ3n) is 2.13. The molecule has 1 aromatic rings. The van der Waals surface area contributed by atoms with Crippen LogP contribution >= 0.6 is 0 Å². The first-order valence-corrected chi connectivity index (χ1v) is 4.12. The van der Waals surface area contributed by atoms with Crippen LogP contribution in [0, 0.1) is 13.0 Å². The van der Waals surface area contributed by atoms with Gasteiger partial charge in [0, 0.05) is 38.5 Å². The number of ether oxygens (including phenoxy) is 1. The smallest absolute Gasteiger partial charge is 0.0930 e. The molecule has 1 heterocycles. The van der Waals surface area contributed by atoms with Crippen LogP contribution in [-0.2, 0) is 39.1 Å². The van der Waals surface area contributed by atoms with E-state index < -0.39 is 0 Å². The molecule has 0 atom stereocenters. The average molecular weight is 248 g/mol. The fourth-order valence-corrected chi connectivity index (χ4v) is 1.45. The Morgan fingerprint density at radius 1 is 1.38 bits per heavy atom. The molecule has 0 amide bonds. The van der Waals surface area contributed by atoms with E-state index in [0.717, 1.165) is 29.9 Å². The van der Waals surface area contributed by atoms with Gasteiger partial charge in [-0.2, -0.15) is 18.2 Å². The van der Waals surface area contributed by atoms with Crippen LogP contribution in [0.2, 0.25) is 0 Å². The largest absolute Gasteiger partial charge is 0.487 e. The second kappa shape index (κ2) is 4.39. The summed E-state index contributed by atoms with van der Waals surface area (Å²) in [5.41, 5.74) is 2.40. The van der Waals surface area contributed by atoms with Gasteiger partial charge in [-0.15, -0.1) is 11.1 Å². The molecule has 0 spiro atoms. The predicted octanol–water partition coefficient (Wildman–Crippen LogP) is 2.63. The molecular formula is C11H11OY-.